The van der Waals surface area contributed by atoms with E-state index in [2.05, 4.69) is 17.4 Å². The summed E-state index contributed by atoms with van der Waals surface area (Å²) in [5.41, 5.74) is 0. The Morgan fingerprint density at radius 3 is 2.75 bits per heavy atom. The van der Waals surface area contributed by atoms with E-state index in [9.17, 15) is 4.79 Å². The van der Waals surface area contributed by atoms with Crippen molar-refractivity contribution in [3.63, 3.8) is 0 Å². The van der Waals surface area contributed by atoms with Gasteiger partial charge in [-0.3, -0.25) is 4.79 Å². The molecule has 0 spiro atoms. The molecular weight excluding hydrogens is 224 g/mol. The second-order valence-corrected chi connectivity index (χ2v) is 3.83. The van der Waals surface area contributed by atoms with Gasteiger partial charge in [0.1, 0.15) is 5.75 Å². The van der Waals surface area contributed by atoms with Crippen LogP contribution in [0.4, 0.5) is 0 Å². The van der Waals surface area contributed by atoms with Crippen LogP contribution in [0.1, 0.15) is 19.3 Å². The van der Waals surface area contributed by atoms with E-state index in [1.165, 1.54) is 7.11 Å². The number of carbonyl (C=O) groups excluding carboxylic acids is 1. The number of carbonyl (C=O) groups is 1. The zero-order valence-electron chi connectivity index (χ0n) is 9.31. The first-order valence-corrected chi connectivity index (χ1v) is 5.66. The summed E-state index contributed by atoms with van der Waals surface area (Å²) in [7, 11) is 1.40. The second kappa shape index (κ2) is 7.17. The van der Waals surface area contributed by atoms with Crippen LogP contribution in [0.15, 0.2) is 29.2 Å². The summed E-state index contributed by atoms with van der Waals surface area (Å²) in [6.07, 6.45) is 2.06. The van der Waals surface area contributed by atoms with Crippen molar-refractivity contribution in [2.75, 3.05) is 13.7 Å². The molecule has 0 saturated carbocycles. The van der Waals surface area contributed by atoms with Gasteiger partial charge < -0.3 is 9.47 Å². The van der Waals surface area contributed by atoms with Gasteiger partial charge in [-0.05, 0) is 25.0 Å². The third-order valence-electron chi connectivity index (χ3n) is 2.13. The van der Waals surface area contributed by atoms with Crippen molar-refractivity contribution in [2.24, 2.45) is 0 Å². The number of rotatable bonds is 6. The number of hydrogen-bond acceptors (Lipinski definition) is 4. The molecule has 88 valence electrons. The van der Waals surface area contributed by atoms with E-state index >= 15 is 0 Å². The Morgan fingerprint density at radius 1 is 1.31 bits per heavy atom. The summed E-state index contributed by atoms with van der Waals surface area (Å²) >= 11 is 4.27. The van der Waals surface area contributed by atoms with E-state index in [0.29, 0.717) is 13.0 Å². The number of unbranched alkanes of at least 4 members (excludes halogenated alkanes) is 1. The highest BCUT2D eigenvalue weighted by molar-refractivity contribution is 7.80. The van der Waals surface area contributed by atoms with Crippen LogP contribution in [0.3, 0.4) is 0 Å². The lowest BCUT2D eigenvalue weighted by molar-refractivity contribution is -0.140. The molecule has 3 nitrogen and oxygen atoms in total. The van der Waals surface area contributed by atoms with Crippen LogP contribution in [0.2, 0.25) is 0 Å². The Morgan fingerprint density at radius 2 is 2.06 bits per heavy atom. The molecule has 0 radical (unpaired) electrons. The number of benzene rings is 1. The van der Waals surface area contributed by atoms with Gasteiger partial charge in [0.15, 0.2) is 0 Å². The van der Waals surface area contributed by atoms with Crippen molar-refractivity contribution in [1.82, 2.24) is 0 Å². The molecule has 16 heavy (non-hydrogen) atoms. The molecule has 0 aliphatic heterocycles. The molecule has 0 bridgehead atoms. The van der Waals surface area contributed by atoms with Gasteiger partial charge >= 0.3 is 5.97 Å². The van der Waals surface area contributed by atoms with Gasteiger partial charge in [0, 0.05) is 11.3 Å². The van der Waals surface area contributed by atoms with E-state index in [-0.39, 0.29) is 5.97 Å². The lowest BCUT2D eigenvalue weighted by Crippen LogP contribution is -2.02. The average Bonchev–Trinajstić information content (AvgIpc) is 2.30. The Labute approximate surface area is 101 Å². The van der Waals surface area contributed by atoms with E-state index in [1.807, 2.05) is 24.3 Å². The number of para-hydroxylation sites is 1. The molecular formula is C12H16O3S. The van der Waals surface area contributed by atoms with Crippen molar-refractivity contribution in [3.05, 3.63) is 24.3 Å². The summed E-state index contributed by atoms with van der Waals surface area (Å²) in [4.78, 5) is 11.7. The Kier molecular flexibility index (Phi) is 5.78. The van der Waals surface area contributed by atoms with Gasteiger partial charge in [0.05, 0.1) is 13.7 Å². The number of thiol groups is 1. The fourth-order valence-corrected chi connectivity index (χ4v) is 1.46. The van der Waals surface area contributed by atoms with Gasteiger partial charge in [-0.15, -0.1) is 12.6 Å². The Bertz CT molecular complexity index is 339. The number of esters is 1. The zero-order chi connectivity index (χ0) is 11.8. The minimum absolute atomic E-state index is 0.172. The first kappa shape index (κ1) is 12.9. The summed E-state index contributed by atoms with van der Waals surface area (Å²) in [6, 6.07) is 7.57. The first-order valence-electron chi connectivity index (χ1n) is 5.21. The highest BCUT2D eigenvalue weighted by Gasteiger charge is 2.01. The third-order valence-corrected chi connectivity index (χ3v) is 2.50. The minimum atomic E-state index is -0.172. The molecule has 0 aromatic heterocycles. The molecule has 0 saturated heterocycles. The SMILES string of the molecule is COC(=O)CCCCOc1ccccc1S. The fraction of sp³-hybridized carbons (Fsp3) is 0.417. The molecule has 0 aliphatic carbocycles. The number of hydrogen-bond donors (Lipinski definition) is 1. The van der Waals surface area contributed by atoms with Gasteiger partial charge in [-0.2, -0.15) is 0 Å². The molecule has 0 fully saturated rings. The monoisotopic (exact) mass is 240 g/mol. The molecule has 1 aromatic rings. The topological polar surface area (TPSA) is 35.5 Å². The fourth-order valence-electron chi connectivity index (χ4n) is 1.23. The van der Waals surface area contributed by atoms with Crippen molar-refractivity contribution >= 4 is 18.6 Å². The summed E-state index contributed by atoms with van der Waals surface area (Å²) in [5, 5.41) is 0. The maximum atomic E-state index is 10.8. The Balaban J connectivity index is 2.17. The lowest BCUT2D eigenvalue weighted by atomic mass is 10.2. The maximum Gasteiger partial charge on any atom is 0.305 e. The van der Waals surface area contributed by atoms with Crippen molar-refractivity contribution < 1.29 is 14.3 Å². The molecule has 1 aromatic carbocycles. The minimum Gasteiger partial charge on any atom is -0.492 e. The lowest BCUT2D eigenvalue weighted by Gasteiger charge is -2.07. The van der Waals surface area contributed by atoms with E-state index in [0.717, 1.165) is 23.5 Å². The molecule has 0 unspecified atom stereocenters. The van der Waals surface area contributed by atoms with Crippen LogP contribution in [0, 0.1) is 0 Å². The van der Waals surface area contributed by atoms with Crippen molar-refractivity contribution in [2.45, 2.75) is 24.2 Å². The zero-order valence-corrected chi connectivity index (χ0v) is 10.2. The summed E-state index contributed by atoms with van der Waals surface area (Å²) < 4.78 is 10.1. The van der Waals surface area contributed by atoms with E-state index in [4.69, 9.17) is 4.74 Å². The highest BCUT2D eigenvalue weighted by Crippen LogP contribution is 2.21. The molecule has 0 atom stereocenters. The van der Waals surface area contributed by atoms with Gasteiger partial charge in [-0.25, -0.2) is 0 Å². The maximum absolute atomic E-state index is 10.8. The van der Waals surface area contributed by atoms with Crippen LogP contribution in [0.25, 0.3) is 0 Å². The van der Waals surface area contributed by atoms with Crippen molar-refractivity contribution in [1.29, 1.82) is 0 Å². The number of methoxy groups -OCH3 is 1. The molecule has 1 rings (SSSR count). The summed E-state index contributed by atoms with van der Waals surface area (Å²) in [5.74, 6) is 0.610. The predicted molar refractivity (Wildman–Crippen MR) is 65.1 cm³/mol. The van der Waals surface area contributed by atoms with E-state index < -0.39 is 0 Å². The van der Waals surface area contributed by atoms with Gasteiger partial charge in [0.25, 0.3) is 0 Å². The molecule has 0 N–H and O–H groups in total. The smallest absolute Gasteiger partial charge is 0.305 e. The van der Waals surface area contributed by atoms with Crippen molar-refractivity contribution in [3.8, 4) is 5.75 Å². The average molecular weight is 240 g/mol. The van der Waals surface area contributed by atoms with Crippen LogP contribution < -0.4 is 4.74 Å². The molecule has 0 heterocycles. The predicted octanol–water partition coefficient (Wildman–Crippen LogP) is 2.70. The second-order valence-electron chi connectivity index (χ2n) is 3.35. The highest BCUT2D eigenvalue weighted by atomic mass is 32.1. The van der Waals surface area contributed by atoms with Gasteiger partial charge in [0.2, 0.25) is 0 Å². The third kappa shape index (κ3) is 4.57. The Hall–Kier alpha value is -1.16. The number of ether oxygens (including phenoxy) is 2. The first-order chi connectivity index (χ1) is 7.74. The van der Waals surface area contributed by atoms with Gasteiger partial charge in [-0.1, -0.05) is 12.1 Å². The quantitative estimate of drug-likeness (QED) is 0.472. The van der Waals surface area contributed by atoms with Crippen LogP contribution in [-0.2, 0) is 9.53 Å². The summed E-state index contributed by atoms with van der Waals surface area (Å²) in [6.45, 7) is 0.592. The van der Waals surface area contributed by atoms with Crippen LogP contribution >= 0.6 is 12.6 Å². The normalized spacial score (nSPS) is 9.88. The molecule has 0 aliphatic rings. The van der Waals surface area contributed by atoms with Crippen LogP contribution in [0.5, 0.6) is 5.75 Å². The molecule has 0 amide bonds. The molecule has 4 heteroatoms. The van der Waals surface area contributed by atoms with E-state index in [1.54, 1.807) is 0 Å². The van der Waals surface area contributed by atoms with Crippen LogP contribution in [-0.4, -0.2) is 19.7 Å². The standard InChI is InChI=1S/C12H16O3S/c1-14-12(13)8-4-5-9-15-10-6-2-3-7-11(10)16/h2-3,6-7,16H,4-5,8-9H2,1H3. The largest absolute Gasteiger partial charge is 0.492 e.